The molecule has 0 bridgehead atoms. The quantitative estimate of drug-likeness (QED) is 0.152. The molecule has 0 fully saturated rings. The Hall–Kier alpha value is -4.29. The van der Waals surface area contributed by atoms with Crippen molar-refractivity contribution in [2.75, 3.05) is 11.6 Å². The Labute approximate surface area is 193 Å². The van der Waals surface area contributed by atoms with Gasteiger partial charge in [-0.25, -0.2) is 9.66 Å². The first-order valence-corrected chi connectivity index (χ1v) is 11.2. The number of aliphatic hydroxyl groups is 1. The number of nitrogens with zero attached hydrogens (tertiary/aromatic N) is 5. The van der Waals surface area contributed by atoms with Gasteiger partial charge in [0.2, 0.25) is 5.16 Å². The first-order valence-electron chi connectivity index (χ1n) is 10.2. The number of nitrogens with two attached hydrogens (primary N) is 1. The monoisotopic (exact) mass is 453 g/mol. The van der Waals surface area contributed by atoms with Crippen molar-refractivity contribution in [3.63, 3.8) is 0 Å². The molecule has 9 heteroatoms. The zero-order valence-corrected chi connectivity index (χ0v) is 18.3. The molecule has 33 heavy (non-hydrogen) atoms. The number of imidazole rings is 1. The normalized spacial score (nSPS) is 12.1. The van der Waals surface area contributed by atoms with Crippen molar-refractivity contribution in [1.82, 2.24) is 24.8 Å². The van der Waals surface area contributed by atoms with E-state index in [0.29, 0.717) is 23.2 Å². The first kappa shape index (κ1) is 20.6. The van der Waals surface area contributed by atoms with Crippen molar-refractivity contribution >= 4 is 39.1 Å². The molecular weight excluding hydrogens is 434 g/mol. The van der Waals surface area contributed by atoms with E-state index >= 15 is 0 Å². The van der Waals surface area contributed by atoms with Gasteiger partial charge in [0.15, 0.2) is 11.6 Å². The lowest BCUT2D eigenvalue weighted by molar-refractivity contribution is 0.420. The average molecular weight is 454 g/mol. The molecule has 0 saturated carbocycles. The summed E-state index contributed by atoms with van der Waals surface area (Å²) in [4.78, 5) is 7.45. The number of aliphatic hydroxyl groups excluding tert-OH is 1. The van der Waals surface area contributed by atoms with Crippen LogP contribution in [0.25, 0.3) is 27.4 Å². The highest BCUT2D eigenvalue weighted by Gasteiger charge is 2.16. The number of rotatable bonds is 6. The number of hydrogen-bond acceptors (Lipinski definition) is 7. The molecule has 8 nitrogen and oxygen atoms in total. The summed E-state index contributed by atoms with van der Waals surface area (Å²) >= 11 is 1.20. The van der Waals surface area contributed by atoms with Gasteiger partial charge in [0, 0.05) is 6.42 Å². The third-order valence-corrected chi connectivity index (χ3v) is 6.28. The van der Waals surface area contributed by atoms with Gasteiger partial charge in [0.05, 0.1) is 16.8 Å². The lowest BCUT2D eigenvalue weighted by Crippen LogP contribution is -2.14. The van der Waals surface area contributed by atoms with Crippen LogP contribution in [0.2, 0.25) is 0 Å². The van der Waals surface area contributed by atoms with Crippen molar-refractivity contribution in [1.29, 1.82) is 5.26 Å². The topological polar surface area (TPSA) is 129 Å². The molecule has 5 rings (SSSR count). The molecule has 162 valence electrons. The molecule has 2 heterocycles. The Bertz CT molecular complexity index is 1510. The van der Waals surface area contributed by atoms with E-state index < -0.39 is 0 Å². The summed E-state index contributed by atoms with van der Waals surface area (Å²) in [5, 5.41) is 31.3. The number of hydrogen-bond donors (Lipinski definition) is 3. The van der Waals surface area contributed by atoms with Crippen LogP contribution in [0.3, 0.4) is 0 Å². The summed E-state index contributed by atoms with van der Waals surface area (Å²) in [5.74, 6) is 7.16. The Morgan fingerprint density at radius 2 is 1.85 bits per heavy atom. The standard InChI is InChI=1S/C24H19N7OS/c25-13-18(23-27-19-10-3-4-11-20(19)28-23)21(32)14-33-24-30-29-22(31(24)26)12-16-8-5-7-15-6-1-2-9-17(15)16/h1-11,32H,12,14,26H2,(H,27,28)/b21-18-. The smallest absolute Gasteiger partial charge is 0.210 e. The highest BCUT2D eigenvalue weighted by molar-refractivity contribution is 7.99. The van der Waals surface area contributed by atoms with Crippen LogP contribution in [0.15, 0.2) is 77.6 Å². The second kappa shape index (κ2) is 8.68. The number of aromatic amines is 1. The predicted octanol–water partition coefficient (Wildman–Crippen LogP) is 4.20. The van der Waals surface area contributed by atoms with Gasteiger partial charge in [0.25, 0.3) is 0 Å². The van der Waals surface area contributed by atoms with E-state index in [4.69, 9.17) is 5.84 Å². The van der Waals surface area contributed by atoms with Crippen molar-refractivity contribution in [2.24, 2.45) is 0 Å². The highest BCUT2D eigenvalue weighted by atomic mass is 32.2. The zero-order valence-electron chi connectivity index (χ0n) is 17.4. The molecular formula is C24H19N7OS. The molecule has 0 spiro atoms. The summed E-state index contributed by atoms with van der Waals surface area (Å²) in [6, 6.07) is 23.7. The highest BCUT2D eigenvalue weighted by Crippen LogP contribution is 2.25. The van der Waals surface area contributed by atoms with E-state index in [2.05, 4.69) is 38.4 Å². The molecule has 0 amide bonds. The summed E-state index contributed by atoms with van der Waals surface area (Å²) in [6.07, 6.45) is 0.523. The minimum absolute atomic E-state index is 0.0813. The van der Waals surface area contributed by atoms with E-state index in [9.17, 15) is 10.4 Å². The Morgan fingerprint density at radius 3 is 2.70 bits per heavy atom. The number of fused-ring (bicyclic) bond motifs is 2. The number of thioether (sulfide) groups is 1. The van der Waals surface area contributed by atoms with Gasteiger partial charge in [-0.3, -0.25) is 0 Å². The molecule has 0 aliphatic rings. The molecule has 0 saturated heterocycles. The summed E-state index contributed by atoms with van der Waals surface area (Å²) in [6.45, 7) is 0. The van der Waals surface area contributed by atoms with Gasteiger partial charge >= 0.3 is 0 Å². The van der Waals surface area contributed by atoms with Gasteiger partial charge < -0.3 is 15.9 Å². The van der Waals surface area contributed by atoms with Crippen LogP contribution >= 0.6 is 11.8 Å². The fraction of sp³-hybridized carbons (Fsp3) is 0.0833. The number of nitrogen functional groups attached to an aromatic ring is 1. The van der Waals surface area contributed by atoms with Crippen molar-refractivity contribution < 1.29 is 5.11 Å². The van der Waals surface area contributed by atoms with Gasteiger partial charge in [0.1, 0.15) is 17.4 Å². The SMILES string of the molecule is N#C/C(=C(/O)CSc1nnc(Cc2cccc3ccccc23)n1N)c1nc2ccccc2[nH]1. The van der Waals surface area contributed by atoms with Crippen molar-refractivity contribution in [3.05, 3.63) is 89.7 Å². The van der Waals surface area contributed by atoms with Crippen LogP contribution in [0, 0.1) is 11.3 Å². The van der Waals surface area contributed by atoms with Gasteiger partial charge in [-0.15, -0.1) is 10.2 Å². The Kier molecular flexibility index (Phi) is 5.42. The molecule has 0 aliphatic carbocycles. The maximum atomic E-state index is 10.6. The second-order valence-corrected chi connectivity index (χ2v) is 8.35. The average Bonchev–Trinajstić information content (AvgIpc) is 3.42. The van der Waals surface area contributed by atoms with Crippen LogP contribution in [0.5, 0.6) is 0 Å². The van der Waals surface area contributed by atoms with E-state index in [-0.39, 0.29) is 17.1 Å². The van der Waals surface area contributed by atoms with Gasteiger partial charge in [-0.1, -0.05) is 66.4 Å². The largest absolute Gasteiger partial charge is 0.510 e. The summed E-state index contributed by atoms with van der Waals surface area (Å²) in [7, 11) is 0. The zero-order chi connectivity index (χ0) is 22.8. The molecule has 3 aromatic carbocycles. The third-order valence-electron chi connectivity index (χ3n) is 5.33. The van der Waals surface area contributed by atoms with Crippen LogP contribution in [-0.4, -0.2) is 35.7 Å². The molecule has 4 N–H and O–H groups in total. The van der Waals surface area contributed by atoms with E-state index in [0.717, 1.165) is 27.4 Å². The fourth-order valence-corrected chi connectivity index (χ4v) is 4.43. The molecule has 5 aromatic rings. The molecule has 0 unspecified atom stereocenters. The lowest BCUT2D eigenvalue weighted by Gasteiger charge is -2.07. The maximum Gasteiger partial charge on any atom is 0.210 e. The summed E-state index contributed by atoms with van der Waals surface area (Å²) < 4.78 is 1.42. The molecule has 0 radical (unpaired) electrons. The van der Waals surface area contributed by atoms with E-state index in [1.807, 2.05) is 54.6 Å². The number of para-hydroxylation sites is 2. The number of H-pyrrole nitrogens is 1. The number of benzene rings is 3. The lowest BCUT2D eigenvalue weighted by atomic mass is 10.0. The van der Waals surface area contributed by atoms with Crippen LogP contribution in [0.4, 0.5) is 0 Å². The third kappa shape index (κ3) is 4.00. The number of allylic oxidation sites excluding steroid dienone is 1. The maximum absolute atomic E-state index is 10.6. The summed E-state index contributed by atoms with van der Waals surface area (Å²) in [5.41, 5.74) is 2.70. The molecule has 0 atom stereocenters. The van der Waals surface area contributed by atoms with E-state index in [1.165, 1.54) is 16.4 Å². The minimum Gasteiger partial charge on any atom is -0.510 e. The van der Waals surface area contributed by atoms with Crippen molar-refractivity contribution in [3.8, 4) is 6.07 Å². The van der Waals surface area contributed by atoms with Gasteiger partial charge in [-0.05, 0) is 28.5 Å². The van der Waals surface area contributed by atoms with Crippen LogP contribution in [-0.2, 0) is 6.42 Å². The molecule has 2 aromatic heterocycles. The van der Waals surface area contributed by atoms with Gasteiger partial charge in [-0.2, -0.15) is 5.26 Å². The van der Waals surface area contributed by atoms with E-state index in [1.54, 1.807) is 0 Å². The number of aromatic nitrogens is 5. The van der Waals surface area contributed by atoms with Crippen LogP contribution in [0.1, 0.15) is 17.2 Å². The number of nitriles is 1. The van der Waals surface area contributed by atoms with Crippen molar-refractivity contribution in [2.45, 2.75) is 11.6 Å². The Morgan fingerprint density at radius 1 is 1.06 bits per heavy atom. The Balaban J connectivity index is 1.35. The number of nitrogens with one attached hydrogen (secondary N) is 1. The second-order valence-electron chi connectivity index (χ2n) is 7.41. The first-order chi connectivity index (χ1) is 16.1. The molecule has 0 aliphatic heterocycles. The fourth-order valence-electron chi connectivity index (χ4n) is 3.67. The van der Waals surface area contributed by atoms with Crippen LogP contribution < -0.4 is 5.84 Å². The minimum atomic E-state index is -0.111. The predicted molar refractivity (Wildman–Crippen MR) is 129 cm³/mol.